The van der Waals surface area contributed by atoms with Crippen LogP contribution in [0.5, 0.6) is 0 Å². The van der Waals surface area contributed by atoms with Crippen molar-refractivity contribution in [3.63, 3.8) is 0 Å². The first-order valence-corrected chi connectivity index (χ1v) is 4.81. The van der Waals surface area contributed by atoms with Crippen molar-refractivity contribution in [3.05, 3.63) is 0 Å². The number of hydrogen-bond acceptors (Lipinski definition) is 2. The molecule has 9 heteroatoms. The molecule has 0 aromatic carbocycles. The Morgan fingerprint density at radius 3 is 1.78 bits per heavy atom. The number of carbonyl (C=O) groups excluding carboxylic acids is 2. The minimum atomic E-state index is -5.96. The lowest BCUT2D eigenvalue weighted by Crippen LogP contribution is -2.53. The van der Waals surface area contributed by atoms with Gasteiger partial charge in [0.2, 0.25) is 5.91 Å². The number of amides is 2. The van der Waals surface area contributed by atoms with E-state index in [9.17, 15) is 31.5 Å². The largest absolute Gasteiger partial charge is 0.463 e. The minimum Gasteiger partial charge on any atom is -0.359 e. The predicted octanol–water partition coefficient (Wildman–Crippen LogP) is 1.07. The molecule has 0 heterocycles. The normalized spacial score (nSPS) is 13.1. The Kier molecular flexibility index (Phi) is 4.67. The molecule has 0 radical (unpaired) electrons. The summed E-state index contributed by atoms with van der Waals surface area (Å²) >= 11 is 0. The SMILES string of the molecule is CNC(=O)C(C)(C)CNC(=O)C(F)(F)C(F)(F)F. The van der Waals surface area contributed by atoms with E-state index in [1.807, 2.05) is 0 Å². The molecule has 4 nitrogen and oxygen atoms in total. The summed E-state index contributed by atoms with van der Waals surface area (Å²) in [6.07, 6.45) is -5.96. The van der Waals surface area contributed by atoms with E-state index in [0.29, 0.717) is 0 Å². The molecule has 0 rings (SSSR count). The third-order valence-corrected chi connectivity index (χ3v) is 2.17. The second-order valence-corrected chi connectivity index (χ2v) is 4.22. The summed E-state index contributed by atoms with van der Waals surface area (Å²) in [6.45, 7) is 1.94. The summed E-state index contributed by atoms with van der Waals surface area (Å²) in [7, 11) is 1.27. The molecule has 0 atom stereocenters. The zero-order valence-corrected chi connectivity index (χ0v) is 9.91. The van der Waals surface area contributed by atoms with Crippen LogP contribution in [0.3, 0.4) is 0 Å². The average Bonchev–Trinajstić information content (AvgIpc) is 2.22. The lowest BCUT2D eigenvalue weighted by molar-refractivity contribution is -0.269. The van der Waals surface area contributed by atoms with Gasteiger partial charge in [-0.3, -0.25) is 9.59 Å². The molecular weight excluding hydrogens is 263 g/mol. The molecule has 0 aliphatic heterocycles. The van der Waals surface area contributed by atoms with Gasteiger partial charge in [-0.25, -0.2) is 0 Å². The highest BCUT2D eigenvalue weighted by Gasteiger charge is 2.63. The summed E-state index contributed by atoms with van der Waals surface area (Å²) in [5, 5.41) is 3.61. The van der Waals surface area contributed by atoms with Gasteiger partial charge in [0.15, 0.2) is 0 Å². The van der Waals surface area contributed by atoms with Crippen LogP contribution in [0.2, 0.25) is 0 Å². The van der Waals surface area contributed by atoms with Crippen LogP contribution < -0.4 is 10.6 Å². The molecule has 0 aromatic rings. The molecular formula is C9H13F5N2O2. The fraction of sp³-hybridized carbons (Fsp3) is 0.778. The van der Waals surface area contributed by atoms with Gasteiger partial charge in [0.1, 0.15) is 0 Å². The second kappa shape index (κ2) is 5.07. The molecule has 0 aromatic heterocycles. The highest BCUT2D eigenvalue weighted by atomic mass is 19.4. The summed E-state index contributed by atoms with van der Waals surface area (Å²) in [5.41, 5.74) is -1.30. The number of halogens is 5. The third kappa shape index (κ3) is 3.54. The van der Waals surface area contributed by atoms with Gasteiger partial charge in [-0.1, -0.05) is 0 Å². The van der Waals surface area contributed by atoms with E-state index in [0.717, 1.165) is 0 Å². The van der Waals surface area contributed by atoms with E-state index in [1.165, 1.54) is 26.2 Å². The van der Waals surface area contributed by atoms with Crippen LogP contribution >= 0.6 is 0 Å². The maximum absolute atomic E-state index is 12.5. The van der Waals surface area contributed by atoms with Crippen LogP contribution in [-0.4, -0.2) is 37.5 Å². The number of nitrogens with one attached hydrogen (secondary N) is 2. The van der Waals surface area contributed by atoms with Crippen molar-refractivity contribution >= 4 is 11.8 Å². The molecule has 0 saturated carbocycles. The Bertz CT molecular complexity index is 338. The maximum atomic E-state index is 12.5. The monoisotopic (exact) mass is 276 g/mol. The van der Waals surface area contributed by atoms with E-state index in [-0.39, 0.29) is 0 Å². The van der Waals surface area contributed by atoms with Gasteiger partial charge in [-0.05, 0) is 13.8 Å². The zero-order valence-electron chi connectivity index (χ0n) is 9.91. The topological polar surface area (TPSA) is 58.2 Å². The van der Waals surface area contributed by atoms with Crippen LogP contribution in [0.25, 0.3) is 0 Å². The van der Waals surface area contributed by atoms with Crippen molar-refractivity contribution in [1.82, 2.24) is 10.6 Å². The van der Waals surface area contributed by atoms with Gasteiger partial charge in [0.05, 0.1) is 5.41 Å². The summed E-state index contributed by atoms with van der Waals surface area (Å²) in [6, 6.07) is 0. The fourth-order valence-corrected chi connectivity index (χ4v) is 0.960. The summed E-state index contributed by atoms with van der Waals surface area (Å²) in [4.78, 5) is 22.0. The lowest BCUT2D eigenvalue weighted by atomic mass is 9.92. The quantitative estimate of drug-likeness (QED) is 0.755. The van der Waals surface area contributed by atoms with E-state index in [1.54, 1.807) is 0 Å². The van der Waals surface area contributed by atoms with Crippen LogP contribution in [0.4, 0.5) is 22.0 Å². The minimum absolute atomic E-state index is 0.599. The summed E-state index contributed by atoms with van der Waals surface area (Å²) < 4.78 is 60.6. The standard InChI is InChI=1S/C9H13F5N2O2/c1-7(2,5(17)15-3)4-16-6(18)8(10,11)9(12,13)14/h4H2,1-3H3,(H,15,17)(H,16,18). The molecule has 106 valence electrons. The Balaban J connectivity index is 4.67. The number of rotatable bonds is 4. The van der Waals surface area contributed by atoms with E-state index >= 15 is 0 Å². The number of alkyl halides is 5. The van der Waals surface area contributed by atoms with Gasteiger partial charge < -0.3 is 10.6 Å². The van der Waals surface area contributed by atoms with Crippen LogP contribution in [0, 0.1) is 5.41 Å². The Hall–Kier alpha value is -1.41. The highest BCUT2D eigenvalue weighted by molar-refractivity contribution is 5.86. The van der Waals surface area contributed by atoms with Crippen molar-refractivity contribution in [2.75, 3.05) is 13.6 Å². The average molecular weight is 276 g/mol. The maximum Gasteiger partial charge on any atom is 0.463 e. The first kappa shape index (κ1) is 16.6. The van der Waals surface area contributed by atoms with Crippen molar-refractivity contribution in [3.8, 4) is 0 Å². The van der Waals surface area contributed by atoms with Crippen molar-refractivity contribution in [1.29, 1.82) is 0 Å². The molecule has 0 aliphatic rings. The fourth-order valence-electron chi connectivity index (χ4n) is 0.960. The van der Waals surface area contributed by atoms with Gasteiger partial charge in [0, 0.05) is 13.6 Å². The molecule has 0 saturated heterocycles. The van der Waals surface area contributed by atoms with Gasteiger partial charge in [-0.2, -0.15) is 22.0 Å². The van der Waals surface area contributed by atoms with E-state index in [4.69, 9.17) is 0 Å². The lowest BCUT2D eigenvalue weighted by Gasteiger charge is -2.25. The first-order valence-electron chi connectivity index (χ1n) is 4.81. The van der Waals surface area contributed by atoms with E-state index in [2.05, 4.69) is 5.32 Å². The number of carbonyl (C=O) groups is 2. The molecule has 2 amide bonds. The van der Waals surface area contributed by atoms with Crippen molar-refractivity contribution < 1.29 is 31.5 Å². The molecule has 2 N–H and O–H groups in total. The van der Waals surface area contributed by atoms with Gasteiger partial charge in [-0.15, -0.1) is 0 Å². The third-order valence-electron chi connectivity index (χ3n) is 2.17. The van der Waals surface area contributed by atoms with E-state index < -0.39 is 35.9 Å². The highest BCUT2D eigenvalue weighted by Crippen LogP contribution is 2.35. The molecule has 0 aliphatic carbocycles. The van der Waals surface area contributed by atoms with Gasteiger partial charge in [0.25, 0.3) is 5.91 Å². The Morgan fingerprint density at radius 1 is 1.00 bits per heavy atom. The Labute approximate surface area is 99.9 Å². The van der Waals surface area contributed by atoms with Crippen molar-refractivity contribution in [2.45, 2.75) is 25.9 Å². The van der Waals surface area contributed by atoms with Gasteiger partial charge >= 0.3 is 12.1 Å². The predicted molar refractivity (Wildman–Crippen MR) is 51.9 cm³/mol. The molecule has 0 bridgehead atoms. The van der Waals surface area contributed by atoms with Crippen LogP contribution in [-0.2, 0) is 9.59 Å². The number of hydrogen-bond donors (Lipinski definition) is 2. The van der Waals surface area contributed by atoms with Crippen LogP contribution in [0.1, 0.15) is 13.8 Å². The van der Waals surface area contributed by atoms with Crippen molar-refractivity contribution in [2.24, 2.45) is 5.41 Å². The first-order chi connectivity index (χ1) is 7.86. The molecule has 0 unspecified atom stereocenters. The summed E-state index contributed by atoms with van der Waals surface area (Å²) in [5.74, 6) is -8.56. The zero-order chi connectivity index (χ0) is 14.8. The Morgan fingerprint density at radius 2 is 1.44 bits per heavy atom. The molecule has 0 spiro atoms. The molecule has 18 heavy (non-hydrogen) atoms. The molecule has 0 fully saturated rings. The smallest absolute Gasteiger partial charge is 0.359 e. The second-order valence-electron chi connectivity index (χ2n) is 4.22. The van der Waals surface area contributed by atoms with Crippen LogP contribution in [0.15, 0.2) is 0 Å².